The molecule has 0 amide bonds. The molecule has 0 aromatic heterocycles. The number of nitrogens with two attached hydrogens (primary N) is 1. The predicted octanol–water partition coefficient (Wildman–Crippen LogP) is 3.49. The van der Waals surface area contributed by atoms with Crippen molar-refractivity contribution in [2.24, 2.45) is 5.73 Å². The summed E-state index contributed by atoms with van der Waals surface area (Å²) in [6.07, 6.45) is 0. The van der Waals surface area contributed by atoms with Gasteiger partial charge in [-0.25, -0.2) is 0 Å². The fourth-order valence-corrected chi connectivity index (χ4v) is 2.44. The van der Waals surface area contributed by atoms with Crippen molar-refractivity contribution >= 4 is 11.6 Å². The molecule has 5 heteroatoms. The van der Waals surface area contributed by atoms with Crippen LogP contribution in [0.5, 0.6) is 17.2 Å². The number of hydrogen-bond acceptors (Lipinski definition) is 4. The maximum Gasteiger partial charge on any atom is 0.203 e. The van der Waals surface area contributed by atoms with Crippen LogP contribution in [-0.2, 0) is 6.54 Å². The third kappa shape index (κ3) is 2.91. The summed E-state index contributed by atoms with van der Waals surface area (Å²) in [5.41, 5.74) is 8.37. The highest BCUT2D eigenvalue weighted by Gasteiger charge is 2.18. The number of halogens is 1. The van der Waals surface area contributed by atoms with Crippen LogP contribution >= 0.6 is 11.6 Å². The second kappa shape index (κ2) is 6.70. The molecule has 4 nitrogen and oxygen atoms in total. The lowest BCUT2D eigenvalue weighted by Crippen LogP contribution is -1.99. The molecule has 0 bridgehead atoms. The fraction of sp³-hybridized carbons (Fsp3) is 0.250. The van der Waals surface area contributed by atoms with Crippen molar-refractivity contribution in [3.05, 3.63) is 40.9 Å². The Labute approximate surface area is 129 Å². The summed E-state index contributed by atoms with van der Waals surface area (Å²) in [7, 11) is 4.74. The molecule has 21 heavy (non-hydrogen) atoms. The number of methoxy groups -OCH3 is 3. The third-order valence-electron chi connectivity index (χ3n) is 3.26. The monoisotopic (exact) mass is 307 g/mol. The molecule has 0 heterocycles. The minimum Gasteiger partial charge on any atom is -0.493 e. The van der Waals surface area contributed by atoms with Gasteiger partial charge in [0.05, 0.1) is 21.3 Å². The molecular weight excluding hydrogens is 290 g/mol. The zero-order valence-corrected chi connectivity index (χ0v) is 13.0. The Morgan fingerprint density at radius 1 is 0.905 bits per heavy atom. The highest BCUT2D eigenvalue weighted by atomic mass is 35.5. The van der Waals surface area contributed by atoms with Gasteiger partial charge in [-0.1, -0.05) is 17.7 Å². The first-order valence-corrected chi connectivity index (χ1v) is 6.81. The quantitative estimate of drug-likeness (QED) is 0.918. The van der Waals surface area contributed by atoms with Gasteiger partial charge in [-0.15, -0.1) is 0 Å². The number of benzene rings is 2. The Balaban J connectivity index is 2.69. The second-order valence-electron chi connectivity index (χ2n) is 4.40. The largest absolute Gasteiger partial charge is 0.493 e. The smallest absolute Gasteiger partial charge is 0.203 e. The molecular formula is C16H18ClNO3. The number of rotatable bonds is 5. The van der Waals surface area contributed by atoms with E-state index in [0.29, 0.717) is 28.8 Å². The Bertz CT molecular complexity index is 644. The average Bonchev–Trinajstić information content (AvgIpc) is 2.53. The predicted molar refractivity (Wildman–Crippen MR) is 84.4 cm³/mol. The first kappa shape index (κ1) is 15.5. The van der Waals surface area contributed by atoms with E-state index < -0.39 is 0 Å². The Morgan fingerprint density at radius 3 is 2.19 bits per heavy atom. The first-order valence-electron chi connectivity index (χ1n) is 6.44. The van der Waals surface area contributed by atoms with E-state index in [1.165, 1.54) is 0 Å². The lowest BCUT2D eigenvalue weighted by atomic mass is 10.0. The van der Waals surface area contributed by atoms with E-state index in [0.717, 1.165) is 16.7 Å². The van der Waals surface area contributed by atoms with E-state index in [-0.39, 0.29) is 0 Å². The summed E-state index contributed by atoms with van der Waals surface area (Å²) in [5.74, 6) is 1.71. The minimum atomic E-state index is 0.444. The van der Waals surface area contributed by atoms with E-state index in [4.69, 9.17) is 31.5 Å². The molecule has 0 saturated carbocycles. The summed E-state index contributed by atoms with van der Waals surface area (Å²) in [5, 5.41) is 0.623. The van der Waals surface area contributed by atoms with E-state index in [2.05, 4.69) is 0 Å². The molecule has 0 radical (unpaired) electrons. The van der Waals surface area contributed by atoms with Gasteiger partial charge in [0, 0.05) is 22.7 Å². The van der Waals surface area contributed by atoms with Crippen LogP contribution in [0.25, 0.3) is 11.1 Å². The van der Waals surface area contributed by atoms with E-state index in [9.17, 15) is 0 Å². The molecule has 0 aliphatic heterocycles. The van der Waals surface area contributed by atoms with Crippen molar-refractivity contribution in [2.45, 2.75) is 6.54 Å². The molecule has 2 N–H and O–H groups in total. The third-order valence-corrected chi connectivity index (χ3v) is 3.59. The molecule has 0 aliphatic carbocycles. The van der Waals surface area contributed by atoms with Crippen LogP contribution in [0.15, 0.2) is 30.3 Å². The van der Waals surface area contributed by atoms with E-state index >= 15 is 0 Å². The van der Waals surface area contributed by atoms with E-state index in [1.54, 1.807) is 21.3 Å². The standard InChI is InChI=1S/C16H18ClNO3/c1-19-14-7-5-11(15(20-2)16(14)21-3)12-8-10(9-18)4-6-13(12)17/h4-8H,9,18H2,1-3H3. The van der Waals surface area contributed by atoms with Gasteiger partial charge in [-0.05, 0) is 29.8 Å². The Morgan fingerprint density at radius 2 is 1.62 bits per heavy atom. The van der Waals surface area contributed by atoms with Crippen molar-refractivity contribution < 1.29 is 14.2 Å². The number of hydrogen-bond donors (Lipinski definition) is 1. The van der Waals surface area contributed by atoms with Crippen molar-refractivity contribution in [1.82, 2.24) is 0 Å². The lowest BCUT2D eigenvalue weighted by molar-refractivity contribution is 0.325. The maximum atomic E-state index is 6.32. The van der Waals surface area contributed by atoms with Crippen LogP contribution in [0.1, 0.15) is 5.56 Å². The Hall–Kier alpha value is -1.91. The zero-order chi connectivity index (χ0) is 15.4. The Kier molecular flexibility index (Phi) is 4.94. The molecule has 2 aromatic rings. The van der Waals surface area contributed by atoms with E-state index in [1.807, 2.05) is 30.3 Å². The van der Waals surface area contributed by atoms with Gasteiger partial charge in [0.1, 0.15) is 0 Å². The lowest BCUT2D eigenvalue weighted by Gasteiger charge is -2.17. The van der Waals surface area contributed by atoms with Crippen molar-refractivity contribution in [3.63, 3.8) is 0 Å². The first-order chi connectivity index (χ1) is 10.2. The van der Waals surface area contributed by atoms with Crippen LogP contribution in [0.2, 0.25) is 5.02 Å². The minimum absolute atomic E-state index is 0.444. The highest BCUT2D eigenvalue weighted by molar-refractivity contribution is 6.33. The van der Waals surface area contributed by atoms with Crippen molar-refractivity contribution in [3.8, 4) is 28.4 Å². The van der Waals surface area contributed by atoms with Gasteiger partial charge in [0.2, 0.25) is 5.75 Å². The van der Waals surface area contributed by atoms with Gasteiger partial charge in [-0.2, -0.15) is 0 Å². The second-order valence-corrected chi connectivity index (χ2v) is 4.81. The molecule has 0 fully saturated rings. The molecule has 0 atom stereocenters. The van der Waals surface area contributed by atoms with Gasteiger partial charge < -0.3 is 19.9 Å². The molecule has 0 aliphatic rings. The van der Waals surface area contributed by atoms with Gasteiger partial charge in [0.15, 0.2) is 11.5 Å². The van der Waals surface area contributed by atoms with Gasteiger partial charge >= 0.3 is 0 Å². The maximum absolute atomic E-state index is 6.32. The zero-order valence-electron chi connectivity index (χ0n) is 12.3. The summed E-state index contributed by atoms with van der Waals surface area (Å²) < 4.78 is 16.2. The highest BCUT2D eigenvalue weighted by Crippen LogP contribution is 2.45. The SMILES string of the molecule is COc1ccc(-c2cc(CN)ccc2Cl)c(OC)c1OC. The van der Waals surface area contributed by atoms with Gasteiger partial charge in [-0.3, -0.25) is 0 Å². The normalized spacial score (nSPS) is 10.3. The fourth-order valence-electron chi connectivity index (χ4n) is 2.22. The van der Waals surface area contributed by atoms with Crippen molar-refractivity contribution in [1.29, 1.82) is 0 Å². The van der Waals surface area contributed by atoms with Crippen LogP contribution in [0.3, 0.4) is 0 Å². The topological polar surface area (TPSA) is 53.7 Å². The number of ether oxygens (including phenoxy) is 3. The molecule has 2 aromatic carbocycles. The van der Waals surface area contributed by atoms with Crippen LogP contribution in [-0.4, -0.2) is 21.3 Å². The van der Waals surface area contributed by atoms with Gasteiger partial charge in [0.25, 0.3) is 0 Å². The summed E-state index contributed by atoms with van der Waals surface area (Å²) in [6.45, 7) is 0.444. The molecule has 0 spiro atoms. The summed E-state index contributed by atoms with van der Waals surface area (Å²) in [4.78, 5) is 0. The summed E-state index contributed by atoms with van der Waals surface area (Å²) >= 11 is 6.32. The molecule has 0 unspecified atom stereocenters. The molecule has 2 rings (SSSR count). The summed E-state index contributed by atoms with van der Waals surface area (Å²) in [6, 6.07) is 9.39. The molecule has 0 saturated heterocycles. The van der Waals surface area contributed by atoms with Crippen LogP contribution in [0, 0.1) is 0 Å². The average molecular weight is 308 g/mol. The van der Waals surface area contributed by atoms with Crippen LogP contribution < -0.4 is 19.9 Å². The van der Waals surface area contributed by atoms with Crippen molar-refractivity contribution in [2.75, 3.05) is 21.3 Å². The molecule has 112 valence electrons. The van der Waals surface area contributed by atoms with Crippen LogP contribution in [0.4, 0.5) is 0 Å².